The lowest BCUT2D eigenvalue weighted by molar-refractivity contribution is -0.148. The predicted octanol–water partition coefficient (Wildman–Crippen LogP) is 4.02. The van der Waals surface area contributed by atoms with Gasteiger partial charge in [0.1, 0.15) is 5.60 Å². The number of rotatable bonds is 16. The molecule has 0 aromatic heterocycles. The lowest BCUT2D eigenvalue weighted by Crippen LogP contribution is -2.30. The van der Waals surface area contributed by atoms with E-state index in [2.05, 4.69) is 10.6 Å². The molecule has 0 bridgehead atoms. The summed E-state index contributed by atoms with van der Waals surface area (Å²) < 4.78 is 5.32. The minimum atomic E-state index is -1.02. The minimum Gasteiger partial charge on any atom is -0.478 e. The van der Waals surface area contributed by atoms with Crippen molar-refractivity contribution in [2.24, 2.45) is 0 Å². The monoisotopic (exact) mass is 525 g/mol. The lowest BCUT2D eigenvalue weighted by atomic mass is 10.1. The van der Waals surface area contributed by atoms with E-state index in [-0.39, 0.29) is 11.8 Å². The molecule has 9 heteroatoms. The van der Waals surface area contributed by atoms with Gasteiger partial charge in [0.25, 0.3) is 11.8 Å². The Morgan fingerprint density at radius 3 is 2.29 bits per heavy atom. The standard InChI is InChI=1S/C29H39N3O6/c1-29(2,3)38-28(37)16-12-23-11-9-22(10-15-27(35)36)21-24(23)31-19-8-18-30-17-6-4-5-7-20-32-25(33)13-14-26(32)34/h9-16,21,30-31H,4-8,17-20H2,1-3H3,(H,35,36)/b15-10+,16-12+. The van der Waals surface area contributed by atoms with Crippen LogP contribution in [0.2, 0.25) is 0 Å². The summed E-state index contributed by atoms with van der Waals surface area (Å²) in [6, 6.07) is 5.47. The summed E-state index contributed by atoms with van der Waals surface area (Å²) in [7, 11) is 0. The number of benzene rings is 1. The third-order valence-electron chi connectivity index (χ3n) is 5.53. The second kappa shape index (κ2) is 15.5. The molecule has 0 aliphatic carbocycles. The van der Waals surface area contributed by atoms with Gasteiger partial charge in [-0.3, -0.25) is 14.5 Å². The maximum atomic E-state index is 12.1. The molecule has 206 valence electrons. The predicted molar refractivity (Wildman–Crippen MR) is 148 cm³/mol. The Labute approximate surface area is 224 Å². The molecule has 0 saturated heterocycles. The molecule has 0 spiro atoms. The number of ether oxygens (including phenoxy) is 1. The van der Waals surface area contributed by atoms with Crippen molar-refractivity contribution in [2.45, 2.75) is 58.5 Å². The average Bonchev–Trinajstić information content (AvgIpc) is 3.16. The molecular weight excluding hydrogens is 486 g/mol. The zero-order valence-corrected chi connectivity index (χ0v) is 22.5. The van der Waals surface area contributed by atoms with E-state index < -0.39 is 17.5 Å². The first kappa shape index (κ1) is 30.5. The van der Waals surface area contributed by atoms with E-state index in [9.17, 15) is 19.2 Å². The number of unbranched alkanes of at least 4 members (excludes halogenated alkanes) is 3. The Balaban J connectivity index is 1.73. The third-order valence-corrected chi connectivity index (χ3v) is 5.53. The number of amides is 2. The molecule has 0 radical (unpaired) electrons. The number of nitrogens with zero attached hydrogens (tertiary/aromatic N) is 1. The van der Waals surface area contributed by atoms with Crippen LogP contribution in [-0.4, -0.2) is 65.5 Å². The first-order valence-electron chi connectivity index (χ1n) is 13.0. The number of imide groups is 1. The van der Waals surface area contributed by atoms with Gasteiger partial charge < -0.3 is 20.5 Å². The van der Waals surface area contributed by atoms with Crippen molar-refractivity contribution in [2.75, 3.05) is 31.5 Å². The van der Waals surface area contributed by atoms with Crippen molar-refractivity contribution < 1.29 is 29.0 Å². The molecule has 2 rings (SSSR count). The number of carbonyl (C=O) groups excluding carboxylic acids is 3. The molecule has 1 aliphatic heterocycles. The fourth-order valence-electron chi connectivity index (χ4n) is 3.72. The summed E-state index contributed by atoms with van der Waals surface area (Å²) in [6.45, 7) is 8.32. The molecule has 0 unspecified atom stereocenters. The molecule has 2 amide bonds. The van der Waals surface area contributed by atoms with Gasteiger partial charge in [-0.2, -0.15) is 0 Å². The molecule has 1 aliphatic rings. The van der Waals surface area contributed by atoms with Gasteiger partial charge in [-0.25, -0.2) is 9.59 Å². The highest BCUT2D eigenvalue weighted by Crippen LogP contribution is 2.21. The van der Waals surface area contributed by atoms with E-state index in [4.69, 9.17) is 9.84 Å². The van der Waals surface area contributed by atoms with Crippen LogP contribution in [0, 0.1) is 0 Å². The topological polar surface area (TPSA) is 125 Å². The number of carboxylic acids is 1. The van der Waals surface area contributed by atoms with E-state index in [1.54, 1.807) is 12.1 Å². The molecular formula is C29H39N3O6. The van der Waals surface area contributed by atoms with Gasteiger partial charge in [0.05, 0.1) is 0 Å². The van der Waals surface area contributed by atoms with Gasteiger partial charge in [-0.15, -0.1) is 0 Å². The summed E-state index contributed by atoms with van der Waals surface area (Å²) in [5, 5.41) is 15.7. The highest BCUT2D eigenvalue weighted by Gasteiger charge is 2.22. The van der Waals surface area contributed by atoms with Crippen molar-refractivity contribution in [3.63, 3.8) is 0 Å². The Hall–Kier alpha value is -3.72. The number of aliphatic carboxylic acids is 1. The highest BCUT2D eigenvalue weighted by molar-refractivity contribution is 6.12. The first-order chi connectivity index (χ1) is 18.0. The van der Waals surface area contributed by atoms with Crippen LogP contribution in [0.3, 0.4) is 0 Å². The number of nitrogens with one attached hydrogen (secondary N) is 2. The van der Waals surface area contributed by atoms with Crippen LogP contribution in [-0.2, 0) is 23.9 Å². The molecule has 0 saturated carbocycles. The second-order valence-electron chi connectivity index (χ2n) is 9.99. The molecule has 0 fully saturated rings. The largest absolute Gasteiger partial charge is 0.478 e. The summed E-state index contributed by atoms with van der Waals surface area (Å²) in [5.74, 6) is -1.90. The van der Waals surface area contributed by atoms with Crippen molar-refractivity contribution in [3.8, 4) is 0 Å². The van der Waals surface area contributed by atoms with Gasteiger partial charge >= 0.3 is 11.9 Å². The van der Waals surface area contributed by atoms with Crippen molar-refractivity contribution >= 4 is 41.6 Å². The number of anilines is 1. The van der Waals surface area contributed by atoms with Crippen LogP contribution in [0.5, 0.6) is 0 Å². The van der Waals surface area contributed by atoms with Gasteiger partial charge in [0.2, 0.25) is 0 Å². The van der Waals surface area contributed by atoms with Crippen LogP contribution in [0.15, 0.2) is 42.5 Å². The Bertz CT molecular complexity index is 1050. The van der Waals surface area contributed by atoms with Crippen LogP contribution >= 0.6 is 0 Å². The zero-order valence-electron chi connectivity index (χ0n) is 22.5. The fraction of sp³-hybridized carbons (Fsp3) is 0.448. The van der Waals surface area contributed by atoms with E-state index in [0.717, 1.165) is 68.1 Å². The van der Waals surface area contributed by atoms with Gasteiger partial charge in [0, 0.05) is 43.1 Å². The van der Waals surface area contributed by atoms with E-state index in [0.29, 0.717) is 13.1 Å². The quantitative estimate of drug-likeness (QED) is 0.128. The smallest absolute Gasteiger partial charge is 0.331 e. The van der Waals surface area contributed by atoms with E-state index in [1.165, 1.54) is 29.2 Å². The lowest BCUT2D eigenvalue weighted by Gasteiger charge is -2.18. The normalized spacial score (nSPS) is 13.7. The number of carbonyl (C=O) groups is 4. The molecule has 9 nitrogen and oxygen atoms in total. The van der Waals surface area contributed by atoms with Crippen LogP contribution in [0.4, 0.5) is 5.69 Å². The van der Waals surface area contributed by atoms with Crippen molar-refractivity contribution in [1.82, 2.24) is 10.2 Å². The SMILES string of the molecule is CC(C)(C)OC(=O)/C=C/c1ccc(/C=C/C(=O)O)cc1NCCCNCCCCCCN1C(=O)C=CC1=O. The molecule has 1 aromatic carbocycles. The van der Waals surface area contributed by atoms with E-state index >= 15 is 0 Å². The minimum absolute atomic E-state index is 0.222. The first-order valence-corrected chi connectivity index (χ1v) is 13.0. The van der Waals surface area contributed by atoms with Crippen LogP contribution in [0.1, 0.15) is 64.0 Å². The van der Waals surface area contributed by atoms with Gasteiger partial charge in [-0.05, 0) is 82.5 Å². The van der Waals surface area contributed by atoms with Crippen LogP contribution in [0.25, 0.3) is 12.2 Å². The Morgan fingerprint density at radius 1 is 0.921 bits per heavy atom. The summed E-state index contributed by atoms with van der Waals surface area (Å²) in [6.07, 6.45) is 13.0. The molecule has 0 atom stereocenters. The van der Waals surface area contributed by atoms with Gasteiger partial charge in [-0.1, -0.05) is 25.0 Å². The number of esters is 1. The molecule has 1 heterocycles. The third kappa shape index (κ3) is 12.0. The number of hydrogen-bond acceptors (Lipinski definition) is 7. The summed E-state index contributed by atoms with van der Waals surface area (Å²) in [4.78, 5) is 47.3. The van der Waals surface area contributed by atoms with Gasteiger partial charge in [0.15, 0.2) is 0 Å². The number of hydrogen-bond donors (Lipinski definition) is 3. The van der Waals surface area contributed by atoms with Crippen LogP contribution < -0.4 is 10.6 Å². The maximum absolute atomic E-state index is 12.1. The van der Waals surface area contributed by atoms with Crippen molar-refractivity contribution in [3.05, 3.63) is 53.6 Å². The maximum Gasteiger partial charge on any atom is 0.331 e. The van der Waals surface area contributed by atoms with Crippen molar-refractivity contribution in [1.29, 1.82) is 0 Å². The molecule has 38 heavy (non-hydrogen) atoms. The molecule has 3 N–H and O–H groups in total. The number of carboxylic acid groups (broad SMARTS) is 1. The fourth-order valence-corrected chi connectivity index (χ4v) is 3.72. The summed E-state index contributed by atoms with van der Waals surface area (Å²) >= 11 is 0. The average molecular weight is 526 g/mol. The Morgan fingerprint density at radius 2 is 1.61 bits per heavy atom. The summed E-state index contributed by atoms with van der Waals surface area (Å²) in [5.41, 5.74) is 1.75. The van der Waals surface area contributed by atoms with E-state index in [1.807, 2.05) is 32.9 Å². The Kier molecular flexibility index (Phi) is 12.5. The highest BCUT2D eigenvalue weighted by atomic mass is 16.6. The molecule has 1 aromatic rings. The second-order valence-corrected chi connectivity index (χ2v) is 9.99. The zero-order chi connectivity index (χ0) is 28.0.